The average molecular weight is 348 g/mol. The van der Waals surface area contributed by atoms with Crippen LogP contribution in [0.5, 0.6) is 0 Å². The Kier molecular flexibility index (Phi) is 4.97. The quantitative estimate of drug-likeness (QED) is 0.664. The van der Waals surface area contributed by atoms with Crippen molar-refractivity contribution in [3.63, 3.8) is 0 Å². The molecule has 0 radical (unpaired) electrons. The molecule has 26 heavy (non-hydrogen) atoms. The van der Waals surface area contributed by atoms with Gasteiger partial charge in [0.1, 0.15) is 5.82 Å². The van der Waals surface area contributed by atoms with E-state index in [9.17, 15) is 4.79 Å². The molecule has 3 aromatic rings. The number of hydrogen-bond acceptors (Lipinski definition) is 3. The Morgan fingerprint density at radius 2 is 2.00 bits per heavy atom. The van der Waals surface area contributed by atoms with Crippen LogP contribution in [0.4, 0.5) is 0 Å². The molecule has 1 aromatic heterocycles. The molecule has 1 amide bonds. The number of benzene rings is 2. The lowest BCUT2D eigenvalue weighted by atomic mass is 9.91. The van der Waals surface area contributed by atoms with Crippen LogP contribution >= 0.6 is 0 Å². The van der Waals surface area contributed by atoms with E-state index in [0.717, 1.165) is 29.9 Å². The maximum Gasteiger partial charge on any atom is 0.251 e. The molecule has 2 aromatic carbocycles. The topological polar surface area (TPSA) is 69.8 Å². The van der Waals surface area contributed by atoms with Gasteiger partial charge in [0.15, 0.2) is 0 Å². The highest BCUT2D eigenvalue weighted by Crippen LogP contribution is 2.23. The minimum absolute atomic E-state index is 0.0329. The number of rotatable bonds is 5. The maximum absolute atomic E-state index is 12.3. The van der Waals surface area contributed by atoms with Gasteiger partial charge < -0.3 is 15.6 Å². The second kappa shape index (κ2) is 7.70. The largest absolute Gasteiger partial charge is 0.352 e. The molecule has 5 heteroatoms. The fraction of sp³-hybridized carbons (Fsp3) is 0.333. The lowest BCUT2D eigenvalue weighted by Gasteiger charge is -2.23. The maximum atomic E-state index is 12.3. The number of fused-ring (bicyclic) bond motifs is 1. The van der Waals surface area contributed by atoms with E-state index in [0.29, 0.717) is 24.4 Å². The summed E-state index contributed by atoms with van der Waals surface area (Å²) in [5.74, 6) is 1.43. The van der Waals surface area contributed by atoms with E-state index in [1.54, 1.807) is 0 Å². The van der Waals surface area contributed by atoms with Crippen LogP contribution in [-0.4, -0.2) is 35.5 Å². The zero-order valence-electron chi connectivity index (χ0n) is 14.8. The summed E-state index contributed by atoms with van der Waals surface area (Å²) < 4.78 is 0. The number of hydrogen-bond donors (Lipinski definition) is 3. The van der Waals surface area contributed by atoms with Crippen molar-refractivity contribution in [2.45, 2.75) is 25.2 Å². The van der Waals surface area contributed by atoms with Gasteiger partial charge in [-0.25, -0.2) is 4.98 Å². The Morgan fingerprint density at radius 1 is 1.15 bits per heavy atom. The fourth-order valence-electron chi connectivity index (χ4n) is 3.56. The Hall–Kier alpha value is -2.66. The normalized spacial score (nSPS) is 17.3. The number of nitrogens with one attached hydrogen (secondary N) is 3. The van der Waals surface area contributed by atoms with E-state index < -0.39 is 0 Å². The summed E-state index contributed by atoms with van der Waals surface area (Å²) in [6, 6.07) is 16.0. The Labute approximate surface area is 153 Å². The van der Waals surface area contributed by atoms with Crippen molar-refractivity contribution in [1.82, 2.24) is 20.6 Å². The number of carbonyl (C=O) groups excluding carboxylic acids is 1. The van der Waals surface area contributed by atoms with Crippen LogP contribution in [0.1, 0.15) is 40.5 Å². The van der Waals surface area contributed by atoms with Crippen LogP contribution in [0.15, 0.2) is 48.5 Å². The minimum atomic E-state index is -0.0329. The first-order valence-electron chi connectivity index (χ1n) is 9.32. The van der Waals surface area contributed by atoms with E-state index in [1.165, 1.54) is 18.4 Å². The van der Waals surface area contributed by atoms with Gasteiger partial charge in [0.25, 0.3) is 5.91 Å². The predicted molar refractivity (Wildman–Crippen MR) is 103 cm³/mol. The third-order valence-corrected chi connectivity index (χ3v) is 5.03. The van der Waals surface area contributed by atoms with Crippen LogP contribution in [0.3, 0.4) is 0 Å². The van der Waals surface area contributed by atoms with Crippen LogP contribution in [0.2, 0.25) is 0 Å². The minimum Gasteiger partial charge on any atom is -0.352 e. The van der Waals surface area contributed by atoms with Crippen molar-refractivity contribution in [3.8, 4) is 0 Å². The van der Waals surface area contributed by atoms with Crippen molar-refractivity contribution in [1.29, 1.82) is 0 Å². The van der Waals surface area contributed by atoms with Crippen LogP contribution < -0.4 is 10.6 Å². The van der Waals surface area contributed by atoms with E-state index >= 15 is 0 Å². The van der Waals surface area contributed by atoms with Crippen LogP contribution in [0.25, 0.3) is 11.0 Å². The molecule has 1 atom stereocenters. The summed E-state index contributed by atoms with van der Waals surface area (Å²) in [5.41, 5.74) is 4.02. The Morgan fingerprint density at radius 3 is 2.77 bits per heavy atom. The molecule has 1 aliphatic heterocycles. The monoisotopic (exact) mass is 348 g/mol. The average Bonchev–Trinajstić information content (AvgIpc) is 3.11. The highest BCUT2D eigenvalue weighted by molar-refractivity contribution is 5.94. The van der Waals surface area contributed by atoms with Crippen LogP contribution in [0, 0.1) is 0 Å². The van der Waals surface area contributed by atoms with Gasteiger partial charge in [0, 0.05) is 25.1 Å². The molecular formula is C21H24N4O. The molecule has 1 aliphatic rings. The summed E-state index contributed by atoms with van der Waals surface area (Å²) in [6.07, 6.45) is 3.12. The molecule has 2 heterocycles. The predicted octanol–water partition coefficient (Wildman–Crippen LogP) is 3.00. The number of nitrogens with zero attached hydrogens (tertiary/aromatic N) is 1. The molecule has 0 spiro atoms. The van der Waals surface area contributed by atoms with Crippen molar-refractivity contribution in [2.75, 3.05) is 19.6 Å². The van der Waals surface area contributed by atoms with Gasteiger partial charge >= 0.3 is 0 Å². The van der Waals surface area contributed by atoms with Gasteiger partial charge in [-0.05, 0) is 55.1 Å². The molecule has 5 nitrogen and oxygen atoms in total. The van der Waals surface area contributed by atoms with E-state index in [2.05, 4.69) is 32.7 Å². The fourth-order valence-corrected chi connectivity index (χ4v) is 3.56. The summed E-state index contributed by atoms with van der Waals surface area (Å²) in [5, 5.41) is 6.42. The molecule has 3 N–H and O–H groups in total. The first kappa shape index (κ1) is 16.8. The number of amides is 1. The summed E-state index contributed by atoms with van der Waals surface area (Å²) in [7, 11) is 0. The molecule has 1 fully saturated rings. The summed E-state index contributed by atoms with van der Waals surface area (Å²) >= 11 is 0. The highest BCUT2D eigenvalue weighted by atomic mass is 16.1. The Bertz CT molecular complexity index is 845. The smallest absolute Gasteiger partial charge is 0.251 e. The van der Waals surface area contributed by atoms with Gasteiger partial charge in [-0.1, -0.05) is 24.3 Å². The number of carbonyl (C=O) groups is 1. The third-order valence-electron chi connectivity index (χ3n) is 5.03. The molecule has 0 bridgehead atoms. The second-order valence-corrected chi connectivity index (χ2v) is 6.87. The van der Waals surface area contributed by atoms with E-state index in [4.69, 9.17) is 0 Å². The number of imidazole rings is 1. The van der Waals surface area contributed by atoms with Crippen molar-refractivity contribution in [2.24, 2.45) is 0 Å². The molecule has 1 saturated heterocycles. The zero-order chi connectivity index (χ0) is 17.8. The standard InChI is InChI=1S/C21H24N4O/c26-21(16-9-7-15(8-10-16)17-4-3-12-22-14-17)23-13-11-20-24-18-5-1-2-6-19(18)25-20/h1-2,5-10,17,22H,3-4,11-14H2,(H,23,26)(H,24,25)/t17-/m1/s1. The highest BCUT2D eigenvalue weighted by Gasteiger charge is 2.15. The van der Waals surface area contributed by atoms with Gasteiger partial charge in [0.05, 0.1) is 11.0 Å². The number of H-pyrrole nitrogens is 1. The Balaban J connectivity index is 1.31. The number of aromatic amines is 1. The molecule has 134 valence electrons. The van der Waals surface area contributed by atoms with Gasteiger partial charge in [-0.15, -0.1) is 0 Å². The lowest BCUT2D eigenvalue weighted by Crippen LogP contribution is -2.28. The first-order chi connectivity index (χ1) is 12.8. The number of para-hydroxylation sites is 2. The third kappa shape index (κ3) is 3.78. The summed E-state index contributed by atoms with van der Waals surface area (Å²) in [4.78, 5) is 20.2. The van der Waals surface area contributed by atoms with Gasteiger partial charge in [-0.2, -0.15) is 0 Å². The van der Waals surface area contributed by atoms with Gasteiger partial charge in [0.2, 0.25) is 0 Å². The van der Waals surface area contributed by atoms with Crippen LogP contribution in [-0.2, 0) is 6.42 Å². The molecule has 0 unspecified atom stereocenters. The number of piperidine rings is 1. The molecule has 0 saturated carbocycles. The van der Waals surface area contributed by atoms with Crippen molar-refractivity contribution >= 4 is 16.9 Å². The zero-order valence-corrected chi connectivity index (χ0v) is 14.8. The van der Waals surface area contributed by atoms with Crippen molar-refractivity contribution < 1.29 is 4.79 Å². The molecule has 4 rings (SSSR count). The van der Waals surface area contributed by atoms with E-state index in [1.807, 2.05) is 36.4 Å². The van der Waals surface area contributed by atoms with Gasteiger partial charge in [-0.3, -0.25) is 4.79 Å². The summed E-state index contributed by atoms with van der Waals surface area (Å²) in [6.45, 7) is 2.71. The SMILES string of the molecule is O=C(NCCc1nc2ccccc2[nH]1)c1ccc([C@@H]2CCCNC2)cc1. The number of aromatic nitrogens is 2. The van der Waals surface area contributed by atoms with E-state index in [-0.39, 0.29) is 5.91 Å². The second-order valence-electron chi connectivity index (χ2n) is 6.87. The first-order valence-corrected chi connectivity index (χ1v) is 9.32. The molecular weight excluding hydrogens is 324 g/mol. The molecule has 0 aliphatic carbocycles. The van der Waals surface area contributed by atoms with Crippen molar-refractivity contribution in [3.05, 3.63) is 65.5 Å². The lowest BCUT2D eigenvalue weighted by molar-refractivity contribution is 0.0954.